The molecule has 0 aromatic heterocycles. The second kappa shape index (κ2) is 6.44. The number of hydrogen-bond acceptors (Lipinski definition) is 4. The van der Waals surface area contributed by atoms with E-state index < -0.39 is 6.04 Å². The minimum atomic E-state index is -0.543. The Labute approximate surface area is 158 Å². The Balaban J connectivity index is 1.26. The van der Waals surface area contributed by atoms with Gasteiger partial charge in [0.15, 0.2) is 0 Å². The fraction of sp³-hybridized carbons (Fsp3) is 0.571. The van der Waals surface area contributed by atoms with E-state index in [1.807, 2.05) is 12.1 Å². The second-order valence-electron chi connectivity index (χ2n) is 8.55. The summed E-state index contributed by atoms with van der Waals surface area (Å²) in [4.78, 5) is 37.8. The standard InChI is InChI=1S/C21H25N3O3/c25-19-6-5-18(20(26)23-19)24-11-15-8-13(2-4-16(15)21(24)27)10-22-17-9-12-1-3-14(17)7-12/h2,4,8,12,14,17-18,22H,1,3,5-7,9-11H2,(H,23,25,26)/t12-,14+,17+,18?/m1/s1. The van der Waals surface area contributed by atoms with Crippen LogP contribution in [0.3, 0.4) is 0 Å². The molecule has 2 aliphatic carbocycles. The van der Waals surface area contributed by atoms with E-state index in [1.54, 1.807) is 4.90 Å². The molecular formula is C21H25N3O3. The van der Waals surface area contributed by atoms with Crippen LogP contribution in [0.15, 0.2) is 18.2 Å². The van der Waals surface area contributed by atoms with Crippen molar-refractivity contribution < 1.29 is 14.4 Å². The van der Waals surface area contributed by atoms with Gasteiger partial charge >= 0.3 is 0 Å². The first-order valence-electron chi connectivity index (χ1n) is 10.1. The van der Waals surface area contributed by atoms with Crippen molar-refractivity contribution in [2.75, 3.05) is 0 Å². The Hall–Kier alpha value is -2.21. The topological polar surface area (TPSA) is 78.5 Å². The third-order valence-electron chi connectivity index (χ3n) is 6.89. The molecule has 1 aromatic rings. The fourth-order valence-electron chi connectivity index (χ4n) is 5.48. The first kappa shape index (κ1) is 16.9. The summed E-state index contributed by atoms with van der Waals surface area (Å²) in [6.07, 6.45) is 6.15. The maximum atomic E-state index is 12.7. The molecule has 6 nitrogen and oxygen atoms in total. The molecule has 5 rings (SSSR count). The first-order chi connectivity index (χ1) is 13.1. The Morgan fingerprint density at radius 1 is 1.11 bits per heavy atom. The number of fused-ring (bicyclic) bond motifs is 3. The Morgan fingerprint density at radius 2 is 2.00 bits per heavy atom. The first-order valence-corrected chi connectivity index (χ1v) is 10.1. The normalized spacial score (nSPS) is 32.1. The van der Waals surface area contributed by atoms with Crippen LogP contribution in [-0.4, -0.2) is 34.7 Å². The lowest BCUT2D eigenvalue weighted by Gasteiger charge is -2.29. The summed E-state index contributed by atoms with van der Waals surface area (Å²) in [7, 11) is 0. The fourth-order valence-corrected chi connectivity index (χ4v) is 5.48. The molecule has 1 saturated heterocycles. The van der Waals surface area contributed by atoms with Gasteiger partial charge in [-0.1, -0.05) is 18.6 Å². The summed E-state index contributed by atoms with van der Waals surface area (Å²) in [5.41, 5.74) is 2.86. The maximum Gasteiger partial charge on any atom is 0.255 e. The van der Waals surface area contributed by atoms with Crippen molar-refractivity contribution in [3.05, 3.63) is 34.9 Å². The molecule has 4 aliphatic rings. The average molecular weight is 367 g/mol. The van der Waals surface area contributed by atoms with Crippen LogP contribution in [0.4, 0.5) is 0 Å². The van der Waals surface area contributed by atoms with E-state index in [9.17, 15) is 14.4 Å². The summed E-state index contributed by atoms with van der Waals surface area (Å²) in [5.74, 6) is 1.05. The van der Waals surface area contributed by atoms with Crippen molar-refractivity contribution in [3.8, 4) is 0 Å². The summed E-state index contributed by atoms with van der Waals surface area (Å²) in [6, 6.07) is 6.10. The van der Waals surface area contributed by atoms with Gasteiger partial charge < -0.3 is 10.2 Å². The van der Waals surface area contributed by atoms with E-state index >= 15 is 0 Å². The molecule has 4 atom stereocenters. The molecule has 3 fully saturated rings. The average Bonchev–Trinajstić information content (AvgIpc) is 3.35. The van der Waals surface area contributed by atoms with Gasteiger partial charge in [0.2, 0.25) is 11.8 Å². The van der Waals surface area contributed by atoms with Gasteiger partial charge in [-0.2, -0.15) is 0 Å². The van der Waals surface area contributed by atoms with Crippen LogP contribution < -0.4 is 10.6 Å². The highest BCUT2D eigenvalue weighted by molar-refractivity contribution is 6.05. The SMILES string of the molecule is O=C1CCC(N2Cc3cc(CN[C@H]4C[C@@H]5CC[C@H]4C5)ccc3C2=O)C(=O)N1. The molecule has 1 unspecified atom stereocenters. The summed E-state index contributed by atoms with van der Waals surface area (Å²) < 4.78 is 0. The molecule has 2 N–H and O–H groups in total. The van der Waals surface area contributed by atoms with Gasteiger partial charge in [0, 0.05) is 31.1 Å². The van der Waals surface area contributed by atoms with Crippen molar-refractivity contribution in [1.82, 2.24) is 15.5 Å². The van der Waals surface area contributed by atoms with Crippen molar-refractivity contribution in [2.24, 2.45) is 11.8 Å². The van der Waals surface area contributed by atoms with Crippen LogP contribution >= 0.6 is 0 Å². The predicted octanol–water partition coefficient (Wildman–Crippen LogP) is 1.73. The minimum absolute atomic E-state index is 0.105. The molecule has 1 aromatic carbocycles. The zero-order valence-electron chi connectivity index (χ0n) is 15.4. The lowest BCUT2D eigenvalue weighted by molar-refractivity contribution is -0.136. The van der Waals surface area contributed by atoms with Crippen molar-refractivity contribution in [1.29, 1.82) is 0 Å². The summed E-state index contributed by atoms with van der Waals surface area (Å²) in [6.45, 7) is 1.27. The monoisotopic (exact) mass is 367 g/mol. The Morgan fingerprint density at radius 3 is 2.74 bits per heavy atom. The number of hydrogen-bond donors (Lipinski definition) is 2. The van der Waals surface area contributed by atoms with Gasteiger partial charge in [-0.15, -0.1) is 0 Å². The maximum absolute atomic E-state index is 12.7. The number of carbonyl (C=O) groups excluding carboxylic acids is 3. The second-order valence-corrected chi connectivity index (χ2v) is 8.55. The molecule has 6 heteroatoms. The zero-order valence-corrected chi connectivity index (χ0v) is 15.4. The molecule has 2 bridgehead atoms. The van der Waals surface area contributed by atoms with Crippen molar-refractivity contribution in [2.45, 2.75) is 63.7 Å². The van der Waals surface area contributed by atoms with Gasteiger partial charge in [-0.05, 0) is 54.7 Å². The van der Waals surface area contributed by atoms with Crippen LogP contribution in [-0.2, 0) is 22.7 Å². The van der Waals surface area contributed by atoms with Crippen LogP contribution in [0.25, 0.3) is 0 Å². The van der Waals surface area contributed by atoms with Crippen LogP contribution in [0.5, 0.6) is 0 Å². The highest BCUT2D eigenvalue weighted by atomic mass is 16.2. The summed E-state index contributed by atoms with van der Waals surface area (Å²) >= 11 is 0. The third kappa shape index (κ3) is 2.96. The van der Waals surface area contributed by atoms with Gasteiger partial charge in [-0.25, -0.2) is 0 Å². The number of carbonyl (C=O) groups is 3. The van der Waals surface area contributed by atoms with E-state index in [2.05, 4.69) is 16.7 Å². The molecule has 3 amide bonds. The Kier molecular flexibility index (Phi) is 4.04. The van der Waals surface area contributed by atoms with E-state index in [-0.39, 0.29) is 24.1 Å². The molecule has 2 aliphatic heterocycles. The molecule has 0 spiro atoms. The lowest BCUT2D eigenvalue weighted by Crippen LogP contribution is -2.52. The number of amides is 3. The zero-order chi connectivity index (χ0) is 18.5. The molecule has 2 saturated carbocycles. The van der Waals surface area contributed by atoms with Crippen molar-refractivity contribution >= 4 is 17.7 Å². The number of nitrogens with zero attached hydrogens (tertiary/aromatic N) is 1. The smallest absolute Gasteiger partial charge is 0.255 e. The van der Waals surface area contributed by atoms with Crippen molar-refractivity contribution in [3.63, 3.8) is 0 Å². The lowest BCUT2D eigenvalue weighted by atomic mass is 9.95. The number of rotatable bonds is 4. The summed E-state index contributed by atoms with van der Waals surface area (Å²) in [5, 5.41) is 6.07. The quantitative estimate of drug-likeness (QED) is 0.795. The highest BCUT2D eigenvalue weighted by Crippen LogP contribution is 2.44. The Bertz CT molecular complexity index is 821. The van der Waals surface area contributed by atoms with E-state index in [1.165, 1.54) is 31.2 Å². The van der Waals surface area contributed by atoms with Crippen LogP contribution in [0, 0.1) is 11.8 Å². The molecular weight excluding hydrogens is 342 g/mol. The van der Waals surface area contributed by atoms with Gasteiger partial charge in [0.25, 0.3) is 5.91 Å². The highest BCUT2D eigenvalue weighted by Gasteiger charge is 2.40. The predicted molar refractivity (Wildman–Crippen MR) is 98.6 cm³/mol. The van der Waals surface area contributed by atoms with Gasteiger partial charge in [-0.3, -0.25) is 19.7 Å². The molecule has 142 valence electrons. The number of nitrogens with one attached hydrogen (secondary N) is 2. The van der Waals surface area contributed by atoms with Crippen LogP contribution in [0.2, 0.25) is 0 Å². The molecule has 2 heterocycles. The number of benzene rings is 1. The van der Waals surface area contributed by atoms with E-state index in [4.69, 9.17) is 0 Å². The number of piperidine rings is 1. The van der Waals surface area contributed by atoms with E-state index in [0.717, 1.165) is 23.9 Å². The largest absolute Gasteiger partial charge is 0.322 e. The van der Waals surface area contributed by atoms with Gasteiger partial charge in [0.1, 0.15) is 6.04 Å². The number of imide groups is 1. The third-order valence-corrected chi connectivity index (χ3v) is 6.89. The van der Waals surface area contributed by atoms with Crippen LogP contribution in [0.1, 0.15) is 60.0 Å². The van der Waals surface area contributed by atoms with E-state index in [0.29, 0.717) is 24.6 Å². The molecule has 0 radical (unpaired) electrons. The van der Waals surface area contributed by atoms with Gasteiger partial charge in [0.05, 0.1) is 0 Å². The molecule has 27 heavy (non-hydrogen) atoms. The minimum Gasteiger partial charge on any atom is -0.322 e.